The zero-order valence-corrected chi connectivity index (χ0v) is 12.8. The van der Waals surface area contributed by atoms with Crippen molar-refractivity contribution in [3.8, 4) is 0 Å². The van der Waals surface area contributed by atoms with Gasteiger partial charge in [-0.05, 0) is 43.0 Å². The molecule has 0 radical (unpaired) electrons. The minimum absolute atomic E-state index is 0.300. The van der Waals surface area contributed by atoms with E-state index in [1.54, 1.807) is 12.1 Å². The van der Waals surface area contributed by atoms with Gasteiger partial charge in [-0.15, -0.1) is 0 Å². The second-order valence-electron chi connectivity index (χ2n) is 4.01. The molecule has 0 aliphatic carbocycles. The summed E-state index contributed by atoms with van der Waals surface area (Å²) in [5.41, 5.74) is 1.15. The molecule has 0 unspecified atom stereocenters. The van der Waals surface area contributed by atoms with Crippen LogP contribution in [-0.4, -0.2) is 29.6 Å². The number of nitrogens with one attached hydrogen (secondary N) is 1. The van der Waals surface area contributed by atoms with Crippen molar-refractivity contribution in [2.75, 3.05) is 23.9 Å². The Hall–Kier alpha value is -0.680. The van der Waals surface area contributed by atoms with E-state index in [1.807, 2.05) is 17.8 Å². The Kier molecular flexibility index (Phi) is 7.20. The highest BCUT2D eigenvalue weighted by atomic mass is 79.9. The first-order chi connectivity index (χ1) is 8.63. The van der Waals surface area contributed by atoms with E-state index in [-0.39, 0.29) is 0 Å². The first-order valence-electron chi connectivity index (χ1n) is 5.90. The van der Waals surface area contributed by atoms with Crippen LogP contribution in [0.4, 0.5) is 5.69 Å². The first-order valence-corrected chi connectivity index (χ1v) is 8.09. The second-order valence-corrected chi connectivity index (χ2v) is 5.92. The lowest BCUT2D eigenvalue weighted by Crippen LogP contribution is -2.04. The molecule has 0 aliphatic heterocycles. The van der Waals surface area contributed by atoms with Gasteiger partial charge in [-0.25, -0.2) is 4.79 Å². The van der Waals surface area contributed by atoms with E-state index in [0.29, 0.717) is 5.56 Å². The van der Waals surface area contributed by atoms with E-state index in [1.165, 1.54) is 18.6 Å². The molecule has 1 aromatic carbocycles. The number of carbonyl (C=O) groups is 1. The summed E-state index contributed by atoms with van der Waals surface area (Å²) >= 11 is 5.19. The standard InChI is InChI=1S/C13H18BrNO2S/c1-18-6-4-2-3-5-15-12-8-10(13(16)17)7-11(14)9-12/h7-9,15H,2-6H2,1H3,(H,16,17). The minimum Gasteiger partial charge on any atom is -0.478 e. The third-order valence-electron chi connectivity index (χ3n) is 2.50. The molecule has 1 aromatic rings. The Morgan fingerprint density at radius 1 is 1.33 bits per heavy atom. The van der Waals surface area contributed by atoms with Crippen LogP contribution in [0.2, 0.25) is 0 Å². The van der Waals surface area contributed by atoms with E-state index in [0.717, 1.165) is 23.1 Å². The summed E-state index contributed by atoms with van der Waals surface area (Å²) in [7, 11) is 0. The Balaban J connectivity index is 2.40. The molecular formula is C13H18BrNO2S. The number of anilines is 1. The lowest BCUT2D eigenvalue weighted by Gasteiger charge is -2.08. The van der Waals surface area contributed by atoms with Crippen molar-refractivity contribution in [3.63, 3.8) is 0 Å². The SMILES string of the molecule is CSCCCCCNc1cc(Br)cc(C(=O)O)c1. The van der Waals surface area contributed by atoms with E-state index < -0.39 is 5.97 Å². The fraction of sp³-hybridized carbons (Fsp3) is 0.462. The fourth-order valence-electron chi connectivity index (χ4n) is 1.60. The van der Waals surface area contributed by atoms with E-state index in [4.69, 9.17) is 5.11 Å². The van der Waals surface area contributed by atoms with E-state index in [2.05, 4.69) is 27.5 Å². The summed E-state index contributed by atoms with van der Waals surface area (Å²) in [6.45, 7) is 0.879. The van der Waals surface area contributed by atoms with E-state index in [9.17, 15) is 4.79 Å². The normalized spacial score (nSPS) is 10.3. The van der Waals surface area contributed by atoms with Crippen LogP contribution < -0.4 is 5.32 Å². The summed E-state index contributed by atoms with van der Waals surface area (Å²) in [4.78, 5) is 10.9. The van der Waals surface area contributed by atoms with Crippen LogP contribution in [0.1, 0.15) is 29.6 Å². The summed E-state index contributed by atoms with van der Waals surface area (Å²) in [6.07, 6.45) is 5.66. The van der Waals surface area contributed by atoms with Gasteiger partial charge in [-0.2, -0.15) is 11.8 Å². The molecule has 0 saturated heterocycles. The number of halogens is 1. The van der Waals surface area contributed by atoms with Crippen LogP contribution in [0, 0.1) is 0 Å². The molecule has 3 nitrogen and oxygen atoms in total. The molecule has 0 amide bonds. The maximum atomic E-state index is 10.9. The first kappa shape index (κ1) is 15.4. The fourth-order valence-corrected chi connectivity index (χ4v) is 2.58. The summed E-state index contributed by atoms with van der Waals surface area (Å²) < 4.78 is 0.785. The maximum Gasteiger partial charge on any atom is 0.335 e. The van der Waals surface area contributed by atoms with Crippen LogP contribution in [0.3, 0.4) is 0 Å². The molecule has 1 rings (SSSR count). The van der Waals surface area contributed by atoms with Crippen LogP contribution in [0.25, 0.3) is 0 Å². The highest BCUT2D eigenvalue weighted by Gasteiger charge is 2.05. The molecule has 0 aromatic heterocycles. The molecule has 0 spiro atoms. The maximum absolute atomic E-state index is 10.9. The van der Waals surface area contributed by atoms with Crippen molar-refractivity contribution >= 4 is 39.3 Å². The lowest BCUT2D eigenvalue weighted by atomic mass is 10.2. The number of thioether (sulfide) groups is 1. The number of benzene rings is 1. The van der Waals surface area contributed by atoms with Crippen molar-refractivity contribution in [1.82, 2.24) is 0 Å². The smallest absolute Gasteiger partial charge is 0.335 e. The zero-order valence-electron chi connectivity index (χ0n) is 10.4. The number of rotatable bonds is 8. The molecule has 0 fully saturated rings. The third kappa shape index (κ3) is 5.78. The largest absolute Gasteiger partial charge is 0.478 e. The third-order valence-corrected chi connectivity index (χ3v) is 3.65. The molecular weight excluding hydrogens is 314 g/mol. The van der Waals surface area contributed by atoms with Crippen molar-refractivity contribution < 1.29 is 9.90 Å². The van der Waals surface area contributed by atoms with Crippen LogP contribution >= 0.6 is 27.7 Å². The minimum atomic E-state index is -0.903. The van der Waals surface area contributed by atoms with Crippen LogP contribution in [0.5, 0.6) is 0 Å². The summed E-state index contributed by atoms with van der Waals surface area (Å²) in [6, 6.07) is 5.16. The predicted octanol–water partition coefficient (Wildman–Crippen LogP) is 4.09. The van der Waals surface area contributed by atoms with Gasteiger partial charge in [0, 0.05) is 16.7 Å². The Morgan fingerprint density at radius 2 is 2.11 bits per heavy atom. The van der Waals surface area contributed by atoms with Gasteiger partial charge in [0.15, 0.2) is 0 Å². The van der Waals surface area contributed by atoms with Crippen LogP contribution in [-0.2, 0) is 0 Å². The highest BCUT2D eigenvalue weighted by Crippen LogP contribution is 2.19. The molecule has 0 saturated carbocycles. The quantitative estimate of drug-likeness (QED) is 0.704. The van der Waals surface area contributed by atoms with Gasteiger partial charge in [0.1, 0.15) is 0 Å². The molecule has 18 heavy (non-hydrogen) atoms. The Morgan fingerprint density at radius 3 is 2.78 bits per heavy atom. The molecule has 0 bridgehead atoms. The average Bonchev–Trinajstić information content (AvgIpc) is 2.33. The predicted molar refractivity (Wildman–Crippen MR) is 81.8 cm³/mol. The topological polar surface area (TPSA) is 49.3 Å². The molecule has 0 atom stereocenters. The molecule has 0 heterocycles. The van der Waals surface area contributed by atoms with Crippen molar-refractivity contribution in [2.45, 2.75) is 19.3 Å². The lowest BCUT2D eigenvalue weighted by molar-refractivity contribution is 0.0697. The van der Waals surface area contributed by atoms with E-state index >= 15 is 0 Å². The van der Waals surface area contributed by atoms with Gasteiger partial charge in [-0.1, -0.05) is 22.4 Å². The number of carboxylic acid groups (broad SMARTS) is 1. The Labute approximate surface area is 120 Å². The molecule has 5 heteroatoms. The van der Waals surface area contributed by atoms with Gasteiger partial charge in [-0.3, -0.25) is 0 Å². The van der Waals surface area contributed by atoms with Crippen molar-refractivity contribution in [3.05, 3.63) is 28.2 Å². The monoisotopic (exact) mass is 331 g/mol. The van der Waals surface area contributed by atoms with Gasteiger partial charge >= 0.3 is 5.97 Å². The number of unbranched alkanes of at least 4 members (excludes halogenated alkanes) is 2. The van der Waals surface area contributed by atoms with Crippen LogP contribution in [0.15, 0.2) is 22.7 Å². The number of hydrogen-bond donors (Lipinski definition) is 2. The number of carboxylic acids is 1. The summed E-state index contributed by atoms with van der Waals surface area (Å²) in [5, 5.41) is 12.2. The van der Waals surface area contributed by atoms with Crippen molar-refractivity contribution in [1.29, 1.82) is 0 Å². The second kappa shape index (κ2) is 8.43. The highest BCUT2D eigenvalue weighted by molar-refractivity contribution is 9.10. The average molecular weight is 332 g/mol. The molecule has 0 aliphatic rings. The number of hydrogen-bond acceptors (Lipinski definition) is 3. The number of aromatic carboxylic acids is 1. The Bertz CT molecular complexity index is 399. The molecule has 100 valence electrons. The van der Waals surface area contributed by atoms with Gasteiger partial charge in [0.05, 0.1) is 5.56 Å². The van der Waals surface area contributed by atoms with Gasteiger partial charge in [0.2, 0.25) is 0 Å². The van der Waals surface area contributed by atoms with Gasteiger partial charge < -0.3 is 10.4 Å². The zero-order chi connectivity index (χ0) is 13.4. The summed E-state index contributed by atoms with van der Waals surface area (Å²) in [5.74, 6) is 0.305. The molecule has 2 N–H and O–H groups in total. The van der Waals surface area contributed by atoms with Crippen molar-refractivity contribution in [2.24, 2.45) is 0 Å². The van der Waals surface area contributed by atoms with Gasteiger partial charge in [0.25, 0.3) is 0 Å².